The zero-order valence-corrected chi connectivity index (χ0v) is 11.6. The van der Waals surface area contributed by atoms with Crippen molar-refractivity contribution in [2.45, 2.75) is 0 Å². The van der Waals surface area contributed by atoms with E-state index in [1.54, 1.807) is 18.2 Å². The minimum absolute atomic E-state index is 0.369. The lowest BCUT2D eigenvalue weighted by molar-refractivity contribution is -0.131. The minimum atomic E-state index is -1.09. The molecule has 5 heteroatoms. The first-order valence-corrected chi connectivity index (χ1v) is 6.39. The number of carbonyl (C=O) groups is 1. The summed E-state index contributed by atoms with van der Waals surface area (Å²) in [7, 11) is 0. The molecule has 0 heterocycles. The van der Waals surface area contributed by atoms with E-state index < -0.39 is 11.8 Å². The van der Waals surface area contributed by atoms with Crippen molar-refractivity contribution in [3.05, 3.63) is 63.9 Å². The Kier molecular flexibility index (Phi) is 4.42. The summed E-state index contributed by atoms with van der Waals surface area (Å²) < 4.78 is 13.5. The van der Waals surface area contributed by atoms with E-state index in [1.807, 2.05) is 0 Å². The molecule has 2 aromatic carbocycles. The Hall–Kier alpha value is -1.84. The number of benzene rings is 2. The molecule has 0 saturated heterocycles. The van der Waals surface area contributed by atoms with Crippen LogP contribution >= 0.6 is 23.2 Å². The fourth-order valence-electron chi connectivity index (χ4n) is 1.81. The van der Waals surface area contributed by atoms with Crippen LogP contribution in [0.3, 0.4) is 0 Å². The number of aliphatic carboxylic acids is 1. The van der Waals surface area contributed by atoms with E-state index in [1.165, 1.54) is 24.3 Å². The Morgan fingerprint density at radius 1 is 1.15 bits per heavy atom. The van der Waals surface area contributed by atoms with Crippen LogP contribution in [0.5, 0.6) is 0 Å². The highest BCUT2D eigenvalue weighted by atomic mass is 35.5. The molecule has 0 fully saturated rings. The summed E-state index contributed by atoms with van der Waals surface area (Å²) in [5.41, 5.74) is 1.43. The molecule has 1 N–H and O–H groups in total. The first-order valence-electron chi connectivity index (χ1n) is 5.64. The SMILES string of the molecule is O=C(O)/C=C/c1ccc(F)cc1-c1c(Cl)cccc1Cl. The Morgan fingerprint density at radius 3 is 2.40 bits per heavy atom. The molecule has 0 unspecified atom stereocenters. The molecular formula is C15H9Cl2FO2. The van der Waals surface area contributed by atoms with Crippen molar-refractivity contribution in [2.24, 2.45) is 0 Å². The third kappa shape index (κ3) is 3.18. The lowest BCUT2D eigenvalue weighted by atomic mass is 9.99. The third-order valence-corrected chi connectivity index (χ3v) is 3.28. The van der Waals surface area contributed by atoms with Crippen molar-refractivity contribution >= 4 is 35.2 Å². The van der Waals surface area contributed by atoms with Crippen LogP contribution in [-0.4, -0.2) is 11.1 Å². The molecule has 0 aliphatic rings. The van der Waals surface area contributed by atoms with Gasteiger partial charge in [0.15, 0.2) is 0 Å². The Balaban J connectivity index is 2.66. The first-order chi connectivity index (χ1) is 9.49. The molecule has 0 spiro atoms. The lowest BCUT2D eigenvalue weighted by Gasteiger charge is -2.10. The summed E-state index contributed by atoms with van der Waals surface area (Å²) in [5, 5.41) is 9.42. The molecule has 0 radical (unpaired) electrons. The highest BCUT2D eigenvalue weighted by molar-refractivity contribution is 6.39. The van der Waals surface area contributed by atoms with Gasteiger partial charge in [-0.3, -0.25) is 0 Å². The van der Waals surface area contributed by atoms with E-state index in [2.05, 4.69) is 0 Å². The van der Waals surface area contributed by atoms with Gasteiger partial charge in [0.2, 0.25) is 0 Å². The van der Waals surface area contributed by atoms with Gasteiger partial charge in [-0.2, -0.15) is 0 Å². The van der Waals surface area contributed by atoms with E-state index in [-0.39, 0.29) is 0 Å². The molecule has 2 rings (SSSR count). The molecule has 0 aromatic heterocycles. The summed E-state index contributed by atoms with van der Waals surface area (Å²) in [6.45, 7) is 0. The zero-order chi connectivity index (χ0) is 14.7. The normalized spacial score (nSPS) is 10.9. The predicted octanol–water partition coefficient (Wildman–Crippen LogP) is 4.90. The van der Waals surface area contributed by atoms with Gasteiger partial charge >= 0.3 is 5.97 Å². The summed E-state index contributed by atoms with van der Waals surface area (Å²) in [5.74, 6) is -1.55. The largest absolute Gasteiger partial charge is 0.478 e. The van der Waals surface area contributed by atoms with Crippen molar-refractivity contribution in [3.63, 3.8) is 0 Å². The molecule has 102 valence electrons. The average Bonchev–Trinajstić information content (AvgIpc) is 2.37. The summed E-state index contributed by atoms with van der Waals surface area (Å²) in [6, 6.07) is 8.95. The van der Waals surface area contributed by atoms with Crippen LogP contribution < -0.4 is 0 Å². The van der Waals surface area contributed by atoms with Gasteiger partial charge in [-0.15, -0.1) is 0 Å². The number of hydrogen-bond donors (Lipinski definition) is 1. The predicted molar refractivity (Wildman–Crippen MR) is 78.5 cm³/mol. The van der Waals surface area contributed by atoms with Gasteiger partial charge in [-0.1, -0.05) is 35.3 Å². The van der Waals surface area contributed by atoms with Crippen LogP contribution in [0.2, 0.25) is 10.0 Å². The summed E-state index contributed by atoms with van der Waals surface area (Å²) >= 11 is 12.2. The highest BCUT2D eigenvalue weighted by Gasteiger charge is 2.12. The minimum Gasteiger partial charge on any atom is -0.478 e. The molecule has 20 heavy (non-hydrogen) atoms. The van der Waals surface area contributed by atoms with Gasteiger partial charge in [0.05, 0.1) is 0 Å². The van der Waals surface area contributed by atoms with Crippen molar-refractivity contribution in [3.8, 4) is 11.1 Å². The average molecular weight is 311 g/mol. The standard InChI is InChI=1S/C15H9Cl2FO2/c16-12-2-1-3-13(17)15(12)11-8-10(18)6-4-9(11)5-7-14(19)20/h1-8H,(H,19,20)/b7-5+. The maximum Gasteiger partial charge on any atom is 0.328 e. The van der Waals surface area contributed by atoms with Gasteiger partial charge in [-0.05, 0) is 41.5 Å². The molecular weight excluding hydrogens is 302 g/mol. The van der Waals surface area contributed by atoms with E-state index in [4.69, 9.17) is 28.3 Å². The summed E-state index contributed by atoms with van der Waals surface area (Å²) in [4.78, 5) is 10.6. The van der Waals surface area contributed by atoms with Crippen LogP contribution in [-0.2, 0) is 4.79 Å². The molecule has 0 aliphatic carbocycles. The van der Waals surface area contributed by atoms with Gasteiger partial charge in [-0.25, -0.2) is 9.18 Å². The second-order valence-corrected chi connectivity index (χ2v) is 4.81. The van der Waals surface area contributed by atoms with Gasteiger partial charge in [0.25, 0.3) is 0 Å². The van der Waals surface area contributed by atoms with Gasteiger partial charge in [0.1, 0.15) is 5.82 Å². The summed E-state index contributed by atoms with van der Waals surface area (Å²) in [6.07, 6.45) is 2.35. The smallest absolute Gasteiger partial charge is 0.328 e. The maximum atomic E-state index is 13.5. The number of carboxylic acid groups (broad SMARTS) is 1. The lowest BCUT2D eigenvalue weighted by Crippen LogP contribution is -1.90. The fourth-order valence-corrected chi connectivity index (χ4v) is 2.41. The molecule has 0 atom stereocenters. The maximum absolute atomic E-state index is 13.5. The second-order valence-electron chi connectivity index (χ2n) is 4.00. The molecule has 2 aromatic rings. The van der Waals surface area contributed by atoms with Crippen molar-refractivity contribution in [1.82, 2.24) is 0 Å². The van der Waals surface area contributed by atoms with Crippen LogP contribution in [0.25, 0.3) is 17.2 Å². The number of halogens is 3. The van der Waals surface area contributed by atoms with Crippen molar-refractivity contribution in [1.29, 1.82) is 0 Å². The molecule has 0 aliphatic heterocycles. The topological polar surface area (TPSA) is 37.3 Å². The van der Waals surface area contributed by atoms with Crippen LogP contribution in [0.4, 0.5) is 4.39 Å². The monoisotopic (exact) mass is 310 g/mol. The van der Waals surface area contributed by atoms with E-state index in [9.17, 15) is 9.18 Å². The van der Waals surface area contributed by atoms with E-state index in [0.29, 0.717) is 26.7 Å². The van der Waals surface area contributed by atoms with Gasteiger partial charge < -0.3 is 5.11 Å². The number of carboxylic acids is 1. The third-order valence-electron chi connectivity index (χ3n) is 2.65. The first kappa shape index (κ1) is 14.6. The van der Waals surface area contributed by atoms with Crippen molar-refractivity contribution < 1.29 is 14.3 Å². The van der Waals surface area contributed by atoms with Crippen LogP contribution in [0.15, 0.2) is 42.5 Å². The zero-order valence-electron chi connectivity index (χ0n) is 10.1. The second kappa shape index (κ2) is 6.07. The van der Waals surface area contributed by atoms with Crippen LogP contribution in [0, 0.1) is 5.82 Å². The highest BCUT2D eigenvalue weighted by Crippen LogP contribution is 2.37. The van der Waals surface area contributed by atoms with Crippen molar-refractivity contribution in [2.75, 3.05) is 0 Å². The quantitative estimate of drug-likeness (QED) is 0.819. The van der Waals surface area contributed by atoms with Crippen LogP contribution in [0.1, 0.15) is 5.56 Å². The molecule has 0 saturated carbocycles. The number of rotatable bonds is 3. The fraction of sp³-hybridized carbons (Fsp3) is 0. The Morgan fingerprint density at radius 2 is 1.80 bits per heavy atom. The Bertz CT molecular complexity index is 676. The molecule has 2 nitrogen and oxygen atoms in total. The Labute approximate surface area is 125 Å². The molecule has 0 bridgehead atoms. The van der Waals surface area contributed by atoms with Gasteiger partial charge in [0, 0.05) is 21.7 Å². The molecule has 0 amide bonds. The van der Waals surface area contributed by atoms with E-state index in [0.717, 1.165) is 6.08 Å². The van der Waals surface area contributed by atoms with E-state index >= 15 is 0 Å². The number of hydrogen-bond acceptors (Lipinski definition) is 1.